The van der Waals surface area contributed by atoms with Crippen LogP contribution in [0.3, 0.4) is 0 Å². The van der Waals surface area contributed by atoms with Crippen LogP contribution in [0, 0.1) is 0 Å². The van der Waals surface area contributed by atoms with E-state index in [0.29, 0.717) is 17.9 Å². The van der Waals surface area contributed by atoms with Crippen molar-refractivity contribution in [2.45, 2.75) is 12.5 Å². The lowest BCUT2D eigenvalue weighted by Gasteiger charge is -2.13. The summed E-state index contributed by atoms with van der Waals surface area (Å²) < 4.78 is 6.02. The third kappa shape index (κ3) is 4.31. The summed E-state index contributed by atoms with van der Waals surface area (Å²) in [5.74, 6) is 0.438. The number of anilines is 1. The van der Waals surface area contributed by atoms with Crippen molar-refractivity contribution in [2.75, 3.05) is 12.4 Å². The second-order valence-corrected chi connectivity index (χ2v) is 5.49. The number of hydrogen-bond acceptors (Lipinski definition) is 3. The Labute approximate surface area is 132 Å². The van der Waals surface area contributed by atoms with E-state index < -0.39 is 6.04 Å². The zero-order valence-electron chi connectivity index (χ0n) is 11.7. The number of ether oxygens (including phenoxy) is 1. The van der Waals surface area contributed by atoms with Gasteiger partial charge in [-0.25, -0.2) is 0 Å². The zero-order chi connectivity index (χ0) is 15.2. The molecular weight excluding hydrogens is 332 g/mol. The average molecular weight is 349 g/mol. The molecule has 5 heteroatoms. The molecule has 1 amide bonds. The van der Waals surface area contributed by atoms with Crippen LogP contribution in [-0.2, 0) is 11.2 Å². The summed E-state index contributed by atoms with van der Waals surface area (Å²) in [6.45, 7) is 0. The summed E-state index contributed by atoms with van der Waals surface area (Å²) in [6.07, 6.45) is 0.500. The van der Waals surface area contributed by atoms with Gasteiger partial charge in [-0.15, -0.1) is 0 Å². The Morgan fingerprint density at radius 3 is 2.67 bits per heavy atom. The van der Waals surface area contributed by atoms with E-state index >= 15 is 0 Å². The molecule has 0 aliphatic rings. The van der Waals surface area contributed by atoms with Crippen molar-refractivity contribution in [3.8, 4) is 5.75 Å². The molecule has 0 bridgehead atoms. The van der Waals surface area contributed by atoms with Crippen LogP contribution in [0.5, 0.6) is 5.75 Å². The van der Waals surface area contributed by atoms with Crippen LogP contribution in [0.2, 0.25) is 0 Å². The SMILES string of the molecule is COc1cc(NC(=O)C(N)Cc2ccccc2)ccc1Br. The fourth-order valence-electron chi connectivity index (χ4n) is 1.93. The Hall–Kier alpha value is -1.85. The van der Waals surface area contributed by atoms with Gasteiger partial charge >= 0.3 is 0 Å². The van der Waals surface area contributed by atoms with Crippen LogP contribution < -0.4 is 15.8 Å². The van der Waals surface area contributed by atoms with Crippen LogP contribution in [0.15, 0.2) is 53.0 Å². The van der Waals surface area contributed by atoms with Gasteiger partial charge in [0, 0.05) is 11.8 Å². The fraction of sp³-hybridized carbons (Fsp3) is 0.188. The van der Waals surface area contributed by atoms with Gasteiger partial charge in [0.2, 0.25) is 5.91 Å². The van der Waals surface area contributed by atoms with E-state index in [4.69, 9.17) is 10.5 Å². The second kappa shape index (κ2) is 7.24. The summed E-state index contributed by atoms with van der Waals surface area (Å²) in [7, 11) is 1.58. The molecule has 0 saturated carbocycles. The molecule has 0 aliphatic carbocycles. The van der Waals surface area contributed by atoms with Gasteiger partial charge in [0.05, 0.1) is 17.6 Å². The summed E-state index contributed by atoms with van der Waals surface area (Å²) in [6, 6.07) is 14.5. The van der Waals surface area contributed by atoms with Crippen molar-refractivity contribution >= 4 is 27.5 Å². The molecule has 0 fully saturated rings. The maximum Gasteiger partial charge on any atom is 0.241 e. The molecule has 0 saturated heterocycles. The minimum Gasteiger partial charge on any atom is -0.495 e. The Balaban J connectivity index is 2.00. The molecular formula is C16H17BrN2O2. The number of carbonyl (C=O) groups excluding carboxylic acids is 1. The molecule has 0 heterocycles. The van der Waals surface area contributed by atoms with E-state index in [1.54, 1.807) is 19.2 Å². The van der Waals surface area contributed by atoms with E-state index in [9.17, 15) is 4.79 Å². The van der Waals surface area contributed by atoms with Gasteiger partial charge in [0.15, 0.2) is 0 Å². The number of methoxy groups -OCH3 is 1. The number of rotatable bonds is 5. The Morgan fingerprint density at radius 2 is 2.00 bits per heavy atom. The van der Waals surface area contributed by atoms with E-state index in [0.717, 1.165) is 10.0 Å². The Bertz CT molecular complexity index is 617. The smallest absolute Gasteiger partial charge is 0.241 e. The highest BCUT2D eigenvalue weighted by molar-refractivity contribution is 9.10. The molecule has 0 aromatic heterocycles. The van der Waals surface area contributed by atoms with E-state index in [2.05, 4.69) is 21.2 Å². The first-order chi connectivity index (χ1) is 10.1. The van der Waals surface area contributed by atoms with E-state index in [1.807, 2.05) is 36.4 Å². The third-order valence-electron chi connectivity index (χ3n) is 3.05. The van der Waals surface area contributed by atoms with Crippen molar-refractivity contribution in [3.05, 3.63) is 58.6 Å². The van der Waals surface area contributed by atoms with Gasteiger partial charge in [-0.1, -0.05) is 30.3 Å². The molecule has 4 nitrogen and oxygen atoms in total. The van der Waals surface area contributed by atoms with E-state index in [-0.39, 0.29) is 5.91 Å². The molecule has 0 spiro atoms. The monoisotopic (exact) mass is 348 g/mol. The maximum atomic E-state index is 12.1. The molecule has 3 N–H and O–H groups in total. The summed E-state index contributed by atoms with van der Waals surface area (Å²) >= 11 is 3.37. The molecule has 2 rings (SSSR count). The highest BCUT2D eigenvalue weighted by atomic mass is 79.9. The molecule has 0 radical (unpaired) electrons. The second-order valence-electron chi connectivity index (χ2n) is 4.63. The molecule has 110 valence electrons. The largest absolute Gasteiger partial charge is 0.495 e. The summed E-state index contributed by atoms with van der Waals surface area (Å²) in [5, 5.41) is 2.80. The summed E-state index contributed by atoms with van der Waals surface area (Å²) in [5.41, 5.74) is 7.64. The number of nitrogens with one attached hydrogen (secondary N) is 1. The molecule has 0 aliphatic heterocycles. The standard InChI is InChI=1S/C16H17BrN2O2/c1-21-15-10-12(7-8-13(15)17)19-16(20)14(18)9-11-5-3-2-4-6-11/h2-8,10,14H,9,18H2,1H3,(H,19,20). The molecule has 1 unspecified atom stereocenters. The normalized spacial score (nSPS) is 11.8. The number of hydrogen-bond donors (Lipinski definition) is 2. The number of carbonyl (C=O) groups is 1. The van der Waals surface area contributed by atoms with Crippen LogP contribution in [0.1, 0.15) is 5.56 Å². The minimum absolute atomic E-state index is 0.219. The summed E-state index contributed by atoms with van der Waals surface area (Å²) in [4.78, 5) is 12.1. The van der Waals surface area contributed by atoms with E-state index in [1.165, 1.54) is 0 Å². The van der Waals surface area contributed by atoms with Crippen LogP contribution in [-0.4, -0.2) is 19.1 Å². The first-order valence-corrected chi connectivity index (χ1v) is 7.33. The Kier molecular flexibility index (Phi) is 5.36. The van der Waals surface area contributed by atoms with Crippen LogP contribution >= 0.6 is 15.9 Å². The molecule has 1 atom stereocenters. The first-order valence-electron chi connectivity index (χ1n) is 6.54. The molecule has 2 aromatic rings. The van der Waals surface area contributed by atoms with Gasteiger partial charge in [-0.05, 0) is 40.0 Å². The van der Waals surface area contributed by atoms with Crippen molar-refractivity contribution in [1.29, 1.82) is 0 Å². The number of benzene rings is 2. The van der Waals surface area contributed by atoms with Crippen molar-refractivity contribution in [3.63, 3.8) is 0 Å². The number of amides is 1. The lowest BCUT2D eigenvalue weighted by Crippen LogP contribution is -2.37. The van der Waals surface area contributed by atoms with Crippen molar-refractivity contribution < 1.29 is 9.53 Å². The highest BCUT2D eigenvalue weighted by Crippen LogP contribution is 2.27. The maximum absolute atomic E-state index is 12.1. The lowest BCUT2D eigenvalue weighted by atomic mass is 10.1. The van der Waals surface area contributed by atoms with Gasteiger partial charge in [-0.3, -0.25) is 4.79 Å². The van der Waals surface area contributed by atoms with Gasteiger partial charge < -0.3 is 15.8 Å². The highest BCUT2D eigenvalue weighted by Gasteiger charge is 2.14. The van der Waals surface area contributed by atoms with Crippen LogP contribution in [0.25, 0.3) is 0 Å². The fourth-order valence-corrected chi connectivity index (χ4v) is 2.34. The van der Waals surface area contributed by atoms with Gasteiger partial charge in [0.25, 0.3) is 0 Å². The third-order valence-corrected chi connectivity index (χ3v) is 3.71. The lowest BCUT2D eigenvalue weighted by molar-refractivity contribution is -0.117. The first kappa shape index (κ1) is 15.5. The quantitative estimate of drug-likeness (QED) is 0.872. The average Bonchev–Trinajstić information content (AvgIpc) is 2.50. The predicted molar refractivity (Wildman–Crippen MR) is 87.4 cm³/mol. The number of halogens is 1. The molecule has 2 aromatic carbocycles. The number of nitrogens with two attached hydrogens (primary N) is 1. The van der Waals surface area contributed by atoms with Gasteiger partial charge in [-0.2, -0.15) is 0 Å². The van der Waals surface area contributed by atoms with Crippen LogP contribution in [0.4, 0.5) is 5.69 Å². The predicted octanol–water partition coefficient (Wildman–Crippen LogP) is 2.97. The van der Waals surface area contributed by atoms with Crippen molar-refractivity contribution in [1.82, 2.24) is 0 Å². The van der Waals surface area contributed by atoms with Crippen molar-refractivity contribution in [2.24, 2.45) is 5.73 Å². The topological polar surface area (TPSA) is 64.3 Å². The van der Waals surface area contributed by atoms with Gasteiger partial charge in [0.1, 0.15) is 5.75 Å². The minimum atomic E-state index is -0.595. The zero-order valence-corrected chi connectivity index (χ0v) is 13.3. The Morgan fingerprint density at radius 1 is 1.29 bits per heavy atom. The molecule has 21 heavy (non-hydrogen) atoms.